The number of carbonyl (C=O) groups excluding carboxylic acids is 1. The number of pyridine rings is 1. The van der Waals surface area contributed by atoms with Gasteiger partial charge >= 0.3 is 12.0 Å². The molecule has 2 atom stereocenters. The van der Waals surface area contributed by atoms with E-state index in [0.717, 1.165) is 5.56 Å². The fourth-order valence-corrected chi connectivity index (χ4v) is 4.13. The van der Waals surface area contributed by atoms with Gasteiger partial charge in [-0.3, -0.25) is 9.78 Å². The minimum Gasteiger partial charge on any atom is -0.481 e. The molecular formula is C19H27N3O4. The van der Waals surface area contributed by atoms with Gasteiger partial charge in [0.05, 0.1) is 11.5 Å². The molecule has 1 aromatic rings. The molecule has 0 radical (unpaired) electrons. The van der Waals surface area contributed by atoms with Crippen molar-refractivity contribution in [1.29, 1.82) is 0 Å². The van der Waals surface area contributed by atoms with Crippen LogP contribution in [0.4, 0.5) is 4.79 Å². The molecule has 7 nitrogen and oxygen atoms in total. The summed E-state index contributed by atoms with van der Waals surface area (Å²) in [6, 6.07) is 3.50. The highest BCUT2D eigenvalue weighted by atomic mass is 16.4. The average Bonchev–Trinajstić information content (AvgIpc) is 2.64. The fourth-order valence-electron chi connectivity index (χ4n) is 4.13. The molecule has 26 heavy (non-hydrogen) atoms. The Balaban J connectivity index is 1.54. The van der Waals surface area contributed by atoms with Crippen LogP contribution in [0.1, 0.15) is 44.6 Å². The Labute approximate surface area is 153 Å². The summed E-state index contributed by atoms with van der Waals surface area (Å²) in [5, 5.41) is 23.1. The molecule has 1 aliphatic heterocycles. The maximum atomic E-state index is 12.6. The van der Waals surface area contributed by atoms with Gasteiger partial charge in [0, 0.05) is 37.1 Å². The number of carbonyl (C=O) groups is 2. The topological polar surface area (TPSA) is 103 Å². The van der Waals surface area contributed by atoms with Crippen molar-refractivity contribution in [3.05, 3.63) is 30.1 Å². The zero-order valence-electron chi connectivity index (χ0n) is 15.1. The second kappa shape index (κ2) is 7.61. The van der Waals surface area contributed by atoms with E-state index in [-0.39, 0.29) is 24.5 Å². The molecule has 3 rings (SSSR count). The van der Waals surface area contributed by atoms with Crippen LogP contribution in [-0.2, 0) is 10.4 Å². The smallest absolute Gasteiger partial charge is 0.317 e. The third-order valence-corrected chi connectivity index (χ3v) is 5.64. The number of likely N-dealkylation sites (tertiary alicyclic amines) is 1. The van der Waals surface area contributed by atoms with E-state index in [0.29, 0.717) is 38.6 Å². The standard InChI is InChI=1S/C19H27N3O4/c1-13-9-14(17(23)24)12-22(11-13)18(25)21-16-4-6-19(26,7-5-16)15-3-2-8-20-10-15/h2-3,8,10,13-14,16,26H,4-7,9,11-12H2,1H3,(H,21,25)(H,23,24). The lowest BCUT2D eigenvalue weighted by atomic mass is 9.78. The van der Waals surface area contributed by atoms with Crippen LogP contribution in [0.15, 0.2) is 24.5 Å². The van der Waals surface area contributed by atoms with Crippen molar-refractivity contribution in [2.45, 2.75) is 50.7 Å². The maximum Gasteiger partial charge on any atom is 0.317 e. The maximum absolute atomic E-state index is 12.6. The van der Waals surface area contributed by atoms with Gasteiger partial charge < -0.3 is 20.4 Å². The van der Waals surface area contributed by atoms with Gasteiger partial charge in [0.1, 0.15) is 0 Å². The number of rotatable bonds is 3. The SMILES string of the molecule is CC1CC(C(=O)O)CN(C(=O)NC2CCC(O)(c3cccnc3)CC2)C1. The number of piperidine rings is 1. The highest BCUT2D eigenvalue weighted by molar-refractivity contribution is 5.76. The number of amides is 2. The van der Waals surface area contributed by atoms with Crippen LogP contribution in [-0.4, -0.2) is 51.2 Å². The lowest BCUT2D eigenvalue weighted by Crippen LogP contribution is -2.52. The van der Waals surface area contributed by atoms with Crippen LogP contribution in [0, 0.1) is 11.8 Å². The molecule has 3 N–H and O–H groups in total. The molecule has 1 saturated carbocycles. The van der Waals surface area contributed by atoms with Crippen molar-refractivity contribution in [1.82, 2.24) is 15.2 Å². The average molecular weight is 361 g/mol. The van der Waals surface area contributed by atoms with Crippen molar-refractivity contribution in [2.24, 2.45) is 11.8 Å². The van der Waals surface area contributed by atoms with Crippen LogP contribution < -0.4 is 5.32 Å². The van der Waals surface area contributed by atoms with Crippen molar-refractivity contribution in [3.63, 3.8) is 0 Å². The minimum atomic E-state index is -0.885. The Kier molecular flexibility index (Phi) is 5.46. The zero-order chi connectivity index (χ0) is 18.7. The Hall–Kier alpha value is -2.15. The van der Waals surface area contributed by atoms with E-state index in [1.54, 1.807) is 17.3 Å². The zero-order valence-corrected chi connectivity index (χ0v) is 15.1. The normalized spacial score (nSPS) is 32.1. The summed E-state index contributed by atoms with van der Waals surface area (Å²) in [6.07, 6.45) is 6.49. The van der Waals surface area contributed by atoms with Gasteiger partial charge in [-0.05, 0) is 44.1 Å². The van der Waals surface area contributed by atoms with Crippen LogP contribution >= 0.6 is 0 Å². The van der Waals surface area contributed by atoms with Crippen LogP contribution in [0.25, 0.3) is 0 Å². The van der Waals surface area contributed by atoms with E-state index in [1.165, 1.54) is 0 Å². The fraction of sp³-hybridized carbons (Fsp3) is 0.632. The molecule has 1 saturated heterocycles. The van der Waals surface area contributed by atoms with Gasteiger partial charge in [-0.15, -0.1) is 0 Å². The molecule has 2 aliphatic rings. The Morgan fingerprint density at radius 2 is 2.04 bits per heavy atom. The molecule has 1 aliphatic carbocycles. The van der Waals surface area contributed by atoms with E-state index < -0.39 is 17.5 Å². The monoisotopic (exact) mass is 361 g/mol. The third-order valence-electron chi connectivity index (χ3n) is 5.64. The number of carboxylic acids is 1. The minimum absolute atomic E-state index is 0.0000397. The Morgan fingerprint density at radius 1 is 1.31 bits per heavy atom. The van der Waals surface area contributed by atoms with E-state index in [9.17, 15) is 19.8 Å². The quantitative estimate of drug-likeness (QED) is 0.764. The first-order valence-electron chi connectivity index (χ1n) is 9.28. The second-order valence-electron chi connectivity index (χ2n) is 7.78. The third kappa shape index (κ3) is 4.15. The first kappa shape index (κ1) is 18.6. The number of nitrogens with one attached hydrogen (secondary N) is 1. The number of nitrogens with zero attached hydrogens (tertiary/aromatic N) is 2. The summed E-state index contributed by atoms with van der Waals surface area (Å²) >= 11 is 0. The number of hydrogen-bond acceptors (Lipinski definition) is 4. The predicted molar refractivity (Wildman–Crippen MR) is 95.4 cm³/mol. The van der Waals surface area contributed by atoms with E-state index in [4.69, 9.17) is 0 Å². The molecule has 2 amide bonds. The Bertz CT molecular complexity index is 643. The van der Waals surface area contributed by atoms with Crippen molar-refractivity contribution in [2.75, 3.05) is 13.1 Å². The lowest BCUT2D eigenvalue weighted by Gasteiger charge is -2.39. The van der Waals surface area contributed by atoms with Crippen LogP contribution in [0.3, 0.4) is 0 Å². The molecule has 2 unspecified atom stereocenters. The summed E-state index contributed by atoms with van der Waals surface area (Å²) in [7, 11) is 0. The van der Waals surface area contributed by atoms with Gasteiger partial charge in [-0.2, -0.15) is 0 Å². The van der Waals surface area contributed by atoms with Crippen LogP contribution in [0.2, 0.25) is 0 Å². The van der Waals surface area contributed by atoms with Crippen molar-refractivity contribution >= 4 is 12.0 Å². The molecule has 0 bridgehead atoms. The molecule has 1 aromatic heterocycles. The van der Waals surface area contributed by atoms with Crippen molar-refractivity contribution < 1.29 is 19.8 Å². The first-order valence-corrected chi connectivity index (χ1v) is 9.28. The van der Waals surface area contributed by atoms with Gasteiger partial charge in [0.25, 0.3) is 0 Å². The van der Waals surface area contributed by atoms with Crippen LogP contribution in [0.5, 0.6) is 0 Å². The predicted octanol–water partition coefficient (Wildman–Crippen LogP) is 1.96. The highest BCUT2D eigenvalue weighted by Crippen LogP contribution is 2.36. The summed E-state index contributed by atoms with van der Waals surface area (Å²) in [5.41, 5.74) is -0.0669. The molecule has 2 heterocycles. The molecule has 2 fully saturated rings. The lowest BCUT2D eigenvalue weighted by molar-refractivity contribution is -0.143. The molecule has 0 spiro atoms. The molecule has 7 heteroatoms. The van der Waals surface area contributed by atoms with E-state index in [1.807, 2.05) is 19.1 Å². The summed E-state index contributed by atoms with van der Waals surface area (Å²) in [4.78, 5) is 29.5. The van der Waals surface area contributed by atoms with E-state index >= 15 is 0 Å². The Morgan fingerprint density at radius 3 is 2.65 bits per heavy atom. The number of aliphatic carboxylic acids is 1. The van der Waals surface area contributed by atoms with Gasteiger partial charge in [-0.1, -0.05) is 13.0 Å². The first-order chi connectivity index (χ1) is 12.4. The molecular weight excluding hydrogens is 334 g/mol. The van der Waals surface area contributed by atoms with Gasteiger partial charge in [0.15, 0.2) is 0 Å². The summed E-state index contributed by atoms with van der Waals surface area (Å²) in [5.74, 6) is -1.15. The van der Waals surface area contributed by atoms with Crippen molar-refractivity contribution in [3.8, 4) is 0 Å². The molecule has 142 valence electrons. The largest absolute Gasteiger partial charge is 0.481 e. The summed E-state index contributed by atoms with van der Waals surface area (Å²) < 4.78 is 0. The van der Waals surface area contributed by atoms with Gasteiger partial charge in [-0.25, -0.2) is 4.79 Å². The highest BCUT2D eigenvalue weighted by Gasteiger charge is 2.37. The summed E-state index contributed by atoms with van der Waals surface area (Å²) in [6.45, 7) is 2.82. The number of aliphatic hydroxyl groups is 1. The second-order valence-corrected chi connectivity index (χ2v) is 7.78. The molecule has 0 aromatic carbocycles. The van der Waals surface area contributed by atoms with Gasteiger partial charge in [0.2, 0.25) is 0 Å². The number of hydrogen-bond donors (Lipinski definition) is 3. The number of carboxylic acid groups (broad SMARTS) is 1. The van der Waals surface area contributed by atoms with E-state index in [2.05, 4.69) is 10.3 Å². The number of urea groups is 1. The number of aromatic nitrogens is 1.